The van der Waals surface area contributed by atoms with Crippen LogP contribution in [-0.2, 0) is 11.4 Å². The molecule has 3 aromatic rings. The molecular formula is C25H21FN2O2. The van der Waals surface area contributed by atoms with Crippen LogP contribution in [0.5, 0.6) is 5.75 Å². The minimum absolute atomic E-state index is 0.0336. The van der Waals surface area contributed by atoms with Crippen LogP contribution in [-0.4, -0.2) is 5.91 Å². The first-order valence-electron chi connectivity index (χ1n) is 9.43. The van der Waals surface area contributed by atoms with Crippen molar-refractivity contribution in [3.05, 3.63) is 100 Å². The van der Waals surface area contributed by atoms with Crippen LogP contribution in [0.2, 0.25) is 0 Å². The molecule has 0 radical (unpaired) electrons. The molecule has 0 saturated carbocycles. The largest absolute Gasteiger partial charge is 0.488 e. The zero-order valence-corrected chi connectivity index (χ0v) is 16.8. The van der Waals surface area contributed by atoms with E-state index in [9.17, 15) is 14.4 Å². The molecule has 0 spiro atoms. The van der Waals surface area contributed by atoms with E-state index >= 15 is 0 Å². The van der Waals surface area contributed by atoms with Gasteiger partial charge in [0.05, 0.1) is 0 Å². The van der Waals surface area contributed by atoms with Gasteiger partial charge in [0, 0.05) is 11.3 Å². The van der Waals surface area contributed by atoms with Crippen molar-refractivity contribution in [1.29, 1.82) is 5.26 Å². The highest BCUT2D eigenvalue weighted by molar-refractivity contribution is 6.10. The van der Waals surface area contributed by atoms with Gasteiger partial charge >= 0.3 is 0 Å². The number of anilines is 1. The molecule has 0 saturated heterocycles. The molecule has 150 valence electrons. The quantitative estimate of drug-likeness (QED) is 0.435. The number of carbonyl (C=O) groups is 1. The number of nitrogens with zero attached hydrogens (tertiary/aromatic N) is 1. The summed E-state index contributed by atoms with van der Waals surface area (Å²) in [7, 11) is 0. The van der Waals surface area contributed by atoms with Crippen molar-refractivity contribution in [3.8, 4) is 11.8 Å². The van der Waals surface area contributed by atoms with Crippen LogP contribution < -0.4 is 10.1 Å². The van der Waals surface area contributed by atoms with Gasteiger partial charge in [0.25, 0.3) is 5.91 Å². The fourth-order valence-corrected chi connectivity index (χ4v) is 2.85. The predicted octanol–water partition coefficient (Wildman–Crippen LogP) is 5.57. The lowest BCUT2D eigenvalue weighted by Crippen LogP contribution is -2.14. The number of hydrogen-bond acceptors (Lipinski definition) is 3. The van der Waals surface area contributed by atoms with Crippen molar-refractivity contribution >= 4 is 17.7 Å². The van der Waals surface area contributed by atoms with Crippen LogP contribution in [0.4, 0.5) is 10.1 Å². The van der Waals surface area contributed by atoms with Crippen LogP contribution in [0.1, 0.15) is 22.3 Å². The average molecular weight is 400 g/mol. The number of rotatable bonds is 6. The van der Waals surface area contributed by atoms with Gasteiger partial charge in [-0.2, -0.15) is 5.26 Å². The molecule has 0 aliphatic rings. The summed E-state index contributed by atoms with van der Waals surface area (Å²) < 4.78 is 18.9. The Hall–Kier alpha value is -3.91. The molecule has 0 unspecified atom stereocenters. The van der Waals surface area contributed by atoms with Crippen molar-refractivity contribution in [3.63, 3.8) is 0 Å². The van der Waals surface area contributed by atoms with Gasteiger partial charge in [0.15, 0.2) is 0 Å². The Kier molecular flexibility index (Phi) is 6.61. The summed E-state index contributed by atoms with van der Waals surface area (Å²) >= 11 is 0. The molecule has 5 heteroatoms. The predicted molar refractivity (Wildman–Crippen MR) is 115 cm³/mol. The molecule has 30 heavy (non-hydrogen) atoms. The molecule has 0 aliphatic heterocycles. The number of para-hydroxylation sites is 1. The summed E-state index contributed by atoms with van der Waals surface area (Å²) in [5, 5.41) is 12.3. The Balaban J connectivity index is 1.80. The second kappa shape index (κ2) is 9.53. The van der Waals surface area contributed by atoms with Crippen LogP contribution in [0.25, 0.3) is 6.08 Å². The molecule has 3 aromatic carbocycles. The van der Waals surface area contributed by atoms with Crippen molar-refractivity contribution in [2.45, 2.75) is 20.5 Å². The monoisotopic (exact) mass is 400 g/mol. The number of halogens is 1. The Morgan fingerprint density at radius 1 is 1.07 bits per heavy atom. The summed E-state index contributed by atoms with van der Waals surface area (Å²) in [6.45, 7) is 4.11. The lowest BCUT2D eigenvalue weighted by molar-refractivity contribution is -0.112. The first-order valence-corrected chi connectivity index (χ1v) is 9.43. The highest BCUT2D eigenvalue weighted by Gasteiger charge is 2.13. The molecule has 1 amide bonds. The van der Waals surface area contributed by atoms with Gasteiger partial charge in [-0.3, -0.25) is 4.79 Å². The van der Waals surface area contributed by atoms with E-state index in [4.69, 9.17) is 4.74 Å². The number of ether oxygens (including phenoxy) is 1. The maximum atomic E-state index is 13.1. The van der Waals surface area contributed by atoms with Gasteiger partial charge in [0.2, 0.25) is 0 Å². The van der Waals surface area contributed by atoms with Crippen LogP contribution in [0, 0.1) is 31.0 Å². The van der Waals surface area contributed by atoms with Gasteiger partial charge < -0.3 is 10.1 Å². The van der Waals surface area contributed by atoms with E-state index in [1.807, 2.05) is 32.0 Å². The number of aryl methyl sites for hydroxylation is 1. The van der Waals surface area contributed by atoms with Crippen molar-refractivity contribution in [1.82, 2.24) is 0 Å². The summed E-state index contributed by atoms with van der Waals surface area (Å²) in [6.07, 6.45) is 1.50. The molecule has 3 rings (SSSR count). The summed E-state index contributed by atoms with van der Waals surface area (Å²) in [5.41, 5.74) is 4.05. The minimum Gasteiger partial charge on any atom is -0.488 e. The lowest BCUT2D eigenvalue weighted by atomic mass is 10.1. The number of benzene rings is 3. The topological polar surface area (TPSA) is 62.1 Å². The van der Waals surface area contributed by atoms with Crippen molar-refractivity contribution in [2.24, 2.45) is 0 Å². The number of nitriles is 1. The van der Waals surface area contributed by atoms with Gasteiger partial charge in [0.1, 0.15) is 29.8 Å². The summed E-state index contributed by atoms with van der Waals surface area (Å²) in [4.78, 5) is 12.7. The molecule has 1 N–H and O–H groups in total. The average Bonchev–Trinajstić information content (AvgIpc) is 2.75. The second-order valence-electron chi connectivity index (χ2n) is 6.82. The maximum Gasteiger partial charge on any atom is 0.266 e. The summed E-state index contributed by atoms with van der Waals surface area (Å²) in [5.74, 6) is -0.274. The number of nitrogens with one attached hydrogen (secondary N) is 1. The first kappa shape index (κ1) is 20.8. The molecule has 0 atom stereocenters. The highest BCUT2D eigenvalue weighted by Crippen LogP contribution is 2.23. The smallest absolute Gasteiger partial charge is 0.266 e. The zero-order valence-electron chi connectivity index (χ0n) is 16.8. The molecule has 0 heterocycles. The normalized spacial score (nSPS) is 10.9. The lowest BCUT2D eigenvalue weighted by Gasteiger charge is -2.11. The molecular weight excluding hydrogens is 379 g/mol. The summed E-state index contributed by atoms with van der Waals surface area (Å²) in [6, 6.07) is 20.7. The van der Waals surface area contributed by atoms with E-state index in [2.05, 4.69) is 5.32 Å². The second-order valence-corrected chi connectivity index (χ2v) is 6.82. The maximum absolute atomic E-state index is 13.1. The molecule has 0 bridgehead atoms. The van der Waals surface area contributed by atoms with E-state index < -0.39 is 5.91 Å². The van der Waals surface area contributed by atoms with Gasteiger partial charge in [-0.25, -0.2) is 4.39 Å². The van der Waals surface area contributed by atoms with Crippen LogP contribution in [0.3, 0.4) is 0 Å². The third-order valence-corrected chi connectivity index (χ3v) is 4.74. The number of amides is 1. The molecule has 0 aromatic heterocycles. The Morgan fingerprint density at radius 2 is 1.80 bits per heavy atom. The van der Waals surface area contributed by atoms with E-state index in [-0.39, 0.29) is 18.0 Å². The van der Waals surface area contributed by atoms with Crippen molar-refractivity contribution in [2.75, 3.05) is 5.32 Å². The Labute approximate surface area is 175 Å². The zero-order chi connectivity index (χ0) is 21.5. The minimum atomic E-state index is -0.487. The Bertz CT molecular complexity index is 1130. The fraction of sp³-hybridized carbons (Fsp3) is 0.120. The fourth-order valence-electron chi connectivity index (χ4n) is 2.85. The number of hydrogen-bond donors (Lipinski definition) is 1. The van der Waals surface area contributed by atoms with E-state index in [0.29, 0.717) is 17.0 Å². The molecule has 0 aliphatic carbocycles. The third-order valence-electron chi connectivity index (χ3n) is 4.74. The van der Waals surface area contributed by atoms with Crippen LogP contribution in [0.15, 0.2) is 72.3 Å². The van der Waals surface area contributed by atoms with Gasteiger partial charge in [-0.1, -0.05) is 42.5 Å². The van der Waals surface area contributed by atoms with E-state index in [1.165, 1.54) is 18.2 Å². The van der Waals surface area contributed by atoms with Crippen LogP contribution >= 0.6 is 0 Å². The third kappa shape index (κ3) is 5.12. The van der Waals surface area contributed by atoms with Crippen molar-refractivity contribution < 1.29 is 13.9 Å². The SMILES string of the molecule is Cc1cccc(NC(=O)/C(C#N)=C/c2ccccc2OCc2ccc(F)cc2)c1C. The Morgan fingerprint density at radius 3 is 2.53 bits per heavy atom. The number of carbonyl (C=O) groups excluding carboxylic acids is 1. The highest BCUT2D eigenvalue weighted by atomic mass is 19.1. The van der Waals surface area contributed by atoms with E-state index in [1.54, 1.807) is 42.5 Å². The molecule has 4 nitrogen and oxygen atoms in total. The van der Waals surface area contributed by atoms with Gasteiger partial charge in [-0.15, -0.1) is 0 Å². The molecule has 0 fully saturated rings. The van der Waals surface area contributed by atoms with Gasteiger partial charge in [-0.05, 0) is 60.9 Å². The first-order chi connectivity index (χ1) is 14.5. The van der Waals surface area contributed by atoms with E-state index in [0.717, 1.165) is 16.7 Å². The standard InChI is InChI=1S/C25H21FN2O2/c1-17-6-5-8-23(18(17)2)28-25(29)21(15-27)14-20-7-3-4-9-24(20)30-16-19-10-12-22(26)13-11-19/h3-14H,16H2,1-2H3,(H,28,29)/b21-14+.